The third-order valence-electron chi connectivity index (χ3n) is 1.45. The molecular formula is C7H8N2O3S. The van der Waals surface area contributed by atoms with Gasteiger partial charge in [-0.05, 0) is 0 Å². The standard InChI is InChI=1S/C7H8N2O3S/c1-8-13(12)7-5-3-2-4-6(7)9(10)11/h2-5,8H,1H3. The van der Waals surface area contributed by atoms with Crippen LogP contribution in [0, 0.1) is 10.1 Å². The summed E-state index contributed by atoms with van der Waals surface area (Å²) in [6.45, 7) is 0. The monoisotopic (exact) mass is 200 g/mol. The van der Waals surface area contributed by atoms with Crippen molar-refractivity contribution in [1.82, 2.24) is 4.72 Å². The van der Waals surface area contributed by atoms with E-state index in [1.165, 1.54) is 25.2 Å². The second-order valence-electron chi connectivity index (χ2n) is 2.20. The van der Waals surface area contributed by atoms with Gasteiger partial charge in [0.1, 0.15) is 0 Å². The van der Waals surface area contributed by atoms with E-state index in [0.717, 1.165) is 0 Å². The van der Waals surface area contributed by atoms with Crippen molar-refractivity contribution in [3.63, 3.8) is 0 Å². The molecule has 0 fully saturated rings. The van der Waals surface area contributed by atoms with E-state index < -0.39 is 16.3 Å². The van der Waals surface area contributed by atoms with Crippen molar-refractivity contribution in [1.29, 1.82) is 0 Å². The molecule has 1 atom stereocenters. The van der Waals surface area contributed by atoms with Gasteiger partial charge in [0.15, 0.2) is 0 Å². The van der Waals surface area contributed by atoms with Crippen molar-refractivity contribution in [3.05, 3.63) is 34.4 Å². The molecule has 0 bridgehead atoms. The molecule has 0 spiro atoms. The first-order valence-electron chi connectivity index (χ1n) is 3.49. The minimum absolute atomic E-state index is 0.129. The Morgan fingerprint density at radius 3 is 2.62 bits per heavy atom. The second-order valence-corrected chi connectivity index (χ2v) is 3.58. The number of hydrogen-bond donors (Lipinski definition) is 1. The maximum absolute atomic E-state index is 11.2. The molecule has 0 radical (unpaired) electrons. The number of nitrogens with zero attached hydrogens (tertiary/aromatic N) is 1. The molecule has 1 unspecified atom stereocenters. The van der Waals surface area contributed by atoms with Crippen LogP contribution in [0.25, 0.3) is 0 Å². The molecule has 0 aliphatic rings. The highest BCUT2D eigenvalue weighted by atomic mass is 32.2. The van der Waals surface area contributed by atoms with Crippen LogP contribution in [0.3, 0.4) is 0 Å². The lowest BCUT2D eigenvalue weighted by atomic mass is 10.3. The summed E-state index contributed by atoms with van der Waals surface area (Å²) in [5, 5.41) is 10.5. The summed E-state index contributed by atoms with van der Waals surface area (Å²) < 4.78 is 13.7. The average Bonchev–Trinajstić information content (AvgIpc) is 2.16. The fourth-order valence-electron chi connectivity index (χ4n) is 0.875. The number of nitro groups is 1. The Hall–Kier alpha value is -1.11. The van der Waals surface area contributed by atoms with E-state index in [1.54, 1.807) is 6.07 Å². The lowest BCUT2D eigenvalue weighted by molar-refractivity contribution is -0.387. The Labute approximate surface area is 78.2 Å². The normalized spacial score (nSPS) is 12.5. The van der Waals surface area contributed by atoms with E-state index >= 15 is 0 Å². The first-order valence-corrected chi connectivity index (χ1v) is 4.64. The van der Waals surface area contributed by atoms with Crippen LogP contribution in [0.5, 0.6) is 0 Å². The zero-order valence-corrected chi connectivity index (χ0v) is 7.71. The lowest BCUT2D eigenvalue weighted by Crippen LogP contribution is -2.19. The molecule has 6 heteroatoms. The van der Waals surface area contributed by atoms with Gasteiger partial charge in [0.2, 0.25) is 0 Å². The highest BCUT2D eigenvalue weighted by Gasteiger charge is 2.22. The molecule has 0 heterocycles. The maximum Gasteiger partial charge on any atom is 0.325 e. The molecular weight excluding hydrogens is 192 g/mol. The van der Waals surface area contributed by atoms with Gasteiger partial charge in [0.25, 0.3) is 4.90 Å². The van der Waals surface area contributed by atoms with E-state index in [2.05, 4.69) is 4.72 Å². The predicted octanol–water partition coefficient (Wildman–Crippen LogP) is 0.837. The highest BCUT2D eigenvalue weighted by Crippen LogP contribution is 2.21. The minimum Gasteiger partial charge on any atom is -0.593 e. The molecule has 0 aliphatic carbocycles. The molecule has 0 saturated carbocycles. The van der Waals surface area contributed by atoms with Gasteiger partial charge in [0, 0.05) is 19.2 Å². The van der Waals surface area contributed by atoms with E-state index in [9.17, 15) is 14.7 Å². The third-order valence-corrected chi connectivity index (χ3v) is 2.56. The van der Waals surface area contributed by atoms with E-state index in [-0.39, 0.29) is 10.6 Å². The van der Waals surface area contributed by atoms with E-state index in [4.69, 9.17) is 0 Å². The van der Waals surface area contributed by atoms with Crippen molar-refractivity contribution in [2.45, 2.75) is 4.90 Å². The number of nitro benzene ring substituents is 1. The van der Waals surface area contributed by atoms with Gasteiger partial charge >= 0.3 is 5.69 Å². The summed E-state index contributed by atoms with van der Waals surface area (Å²) in [5.41, 5.74) is -0.129. The van der Waals surface area contributed by atoms with Crippen molar-refractivity contribution in [2.75, 3.05) is 7.05 Å². The number of para-hydroxylation sites is 1. The molecule has 0 saturated heterocycles. The summed E-state index contributed by atoms with van der Waals surface area (Å²) >= 11 is -1.51. The predicted molar refractivity (Wildman–Crippen MR) is 48.6 cm³/mol. The molecule has 0 amide bonds. The zero-order chi connectivity index (χ0) is 9.84. The second kappa shape index (κ2) is 4.22. The number of hydrogen-bond acceptors (Lipinski definition) is 4. The molecule has 13 heavy (non-hydrogen) atoms. The Morgan fingerprint density at radius 2 is 2.08 bits per heavy atom. The van der Waals surface area contributed by atoms with Gasteiger partial charge in [-0.15, -0.1) is 4.72 Å². The SMILES string of the molecule is CN[S+]([O-])c1ccccc1[N+](=O)[O-]. The van der Waals surface area contributed by atoms with Crippen LogP contribution < -0.4 is 4.72 Å². The Bertz CT molecular complexity index is 318. The molecule has 0 aromatic heterocycles. The highest BCUT2D eigenvalue weighted by molar-refractivity contribution is 7.89. The maximum atomic E-state index is 11.2. The molecule has 70 valence electrons. The van der Waals surface area contributed by atoms with Crippen LogP contribution in [0.1, 0.15) is 0 Å². The Balaban J connectivity index is 3.11. The number of nitrogens with one attached hydrogen (secondary N) is 1. The smallest absolute Gasteiger partial charge is 0.325 e. The summed E-state index contributed by atoms with van der Waals surface area (Å²) in [5.74, 6) is 0. The molecule has 1 rings (SSSR count). The molecule has 1 aromatic carbocycles. The summed E-state index contributed by atoms with van der Waals surface area (Å²) in [7, 11) is 1.48. The van der Waals surface area contributed by atoms with Gasteiger partial charge in [0.05, 0.1) is 16.3 Å². The Kier molecular flexibility index (Phi) is 3.24. The van der Waals surface area contributed by atoms with E-state index in [0.29, 0.717) is 0 Å². The lowest BCUT2D eigenvalue weighted by Gasteiger charge is -2.06. The molecule has 0 aliphatic heterocycles. The van der Waals surface area contributed by atoms with Crippen molar-refractivity contribution in [2.24, 2.45) is 0 Å². The molecule has 5 nitrogen and oxygen atoms in total. The zero-order valence-electron chi connectivity index (χ0n) is 6.89. The summed E-state index contributed by atoms with van der Waals surface area (Å²) in [4.78, 5) is 10.1. The van der Waals surface area contributed by atoms with Crippen LogP contribution in [0.4, 0.5) is 5.69 Å². The largest absolute Gasteiger partial charge is 0.593 e. The van der Waals surface area contributed by atoms with Crippen LogP contribution >= 0.6 is 0 Å². The Morgan fingerprint density at radius 1 is 1.46 bits per heavy atom. The van der Waals surface area contributed by atoms with Gasteiger partial charge in [-0.2, -0.15) is 0 Å². The number of benzene rings is 1. The minimum atomic E-state index is -1.51. The molecule has 1 N–H and O–H groups in total. The van der Waals surface area contributed by atoms with Crippen molar-refractivity contribution >= 4 is 17.0 Å². The van der Waals surface area contributed by atoms with Crippen LogP contribution in [0.2, 0.25) is 0 Å². The first kappa shape index (κ1) is 9.97. The fourth-order valence-corrected chi connectivity index (χ4v) is 1.63. The average molecular weight is 200 g/mol. The quantitative estimate of drug-likeness (QED) is 0.445. The van der Waals surface area contributed by atoms with Crippen molar-refractivity contribution < 1.29 is 9.48 Å². The van der Waals surface area contributed by atoms with Gasteiger partial charge in [-0.1, -0.05) is 12.1 Å². The third kappa shape index (κ3) is 2.18. The number of rotatable bonds is 3. The first-order chi connectivity index (χ1) is 6.16. The van der Waals surface area contributed by atoms with Gasteiger partial charge < -0.3 is 4.55 Å². The van der Waals surface area contributed by atoms with Crippen LogP contribution in [-0.2, 0) is 11.4 Å². The van der Waals surface area contributed by atoms with Crippen molar-refractivity contribution in [3.8, 4) is 0 Å². The summed E-state index contributed by atoms with van der Waals surface area (Å²) in [6, 6.07) is 5.93. The topological polar surface area (TPSA) is 78.2 Å². The fraction of sp³-hybridized carbons (Fsp3) is 0.143. The van der Waals surface area contributed by atoms with Crippen LogP contribution in [0.15, 0.2) is 29.2 Å². The van der Waals surface area contributed by atoms with Gasteiger partial charge in [-0.3, -0.25) is 10.1 Å². The summed E-state index contributed by atoms with van der Waals surface area (Å²) in [6.07, 6.45) is 0. The van der Waals surface area contributed by atoms with Crippen LogP contribution in [-0.4, -0.2) is 16.5 Å². The molecule has 1 aromatic rings. The van der Waals surface area contributed by atoms with Gasteiger partial charge in [-0.25, -0.2) is 0 Å². The van der Waals surface area contributed by atoms with E-state index in [1.807, 2.05) is 0 Å².